The average Bonchev–Trinajstić information content (AvgIpc) is 3.55. The lowest BCUT2D eigenvalue weighted by Crippen LogP contribution is -2.11. The molecule has 0 N–H and O–H groups in total. The Morgan fingerprint density at radius 1 is 0.520 bits per heavy atom. The van der Waals surface area contributed by atoms with Crippen molar-refractivity contribution >= 4 is 82.4 Å². The SMILES string of the molecule is C/C1=C(/c2ccc3ccccc3c2)N=C(c2cccc3c2ncc2ccc4ccccc4c23)N=C(c2cccc3oc4ccccc4c23)CC1. The fraction of sp³-hybridized carbons (Fsp3) is 0.0652. The van der Waals surface area contributed by atoms with Crippen molar-refractivity contribution < 1.29 is 4.42 Å². The number of amidine groups is 1. The second-order valence-corrected chi connectivity index (χ2v) is 13.2. The summed E-state index contributed by atoms with van der Waals surface area (Å²) in [7, 11) is 0. The van der Waals surface area contributed by atoms with E-state index in [1.54, 1.807) is 0 Å². The van der Waals surface area contributed by atoms with Crippen LogP contribution in [0.4, 0.5) is 0 Å². The average molecular weight is 642 g/mol. The second kappa shape index (κ2) is 11.4. The zero-order valence-electron chi connectivity index (χ0n) is 27.5. The molecule has 4 nitrogen and oxygen atoms in total. The molecule has 0 aliphatic carbocycles. The van der Waals surface area contributed by atoms with Crippen LogP contribution in [-0.2, 0) is 0 Å². The summed E-state index contributed by atoms with van der Waals surface area (Å²) in [5.41, 5.74) is 8.87. The molecule has 0 spiro atoms. The lowest BCUT2D eigenvalue weighted by atomic mass is 9.94. The zero-order chi connectivity index (χ0) is 33.2. The minimum atomic E-state index is 0.657. The van der Waals surface area contributed by atoms with Crippen molar-refractivity contribution in [2.75, 3.05) is 0 Å². The lowest BCUT2D eigenvalue weighted by Gasteiger charge is -2.18. The van der Waals surface area contributed by atoms with E-state index < -0.39 is 0 Å². The molecule has 1 aliphatic rings. The summed E-state index contributed by atoms with van der Waals surface area (Å²) >= 11 is 0. The molecule has 3 heterocycles. The van der Waals surface area contributed by atoms with Crippen LogP contribution in [0.2, 0.25) is 0 Å². The van der Waals surface area contributed by atoms with Crippen LogP contribution in [-0.4, -0.2) is 16.5 Å². The van der Waals surface area contributed by atoms with Crippen molar-refractivity contribution in [3.63, 3.8) is 0 Å². The van der Waals surface area contributed by atoms with Crippen molar-refractivity contribution in [3.8, 4) is 0 Å². The van der Waals surface area contributed by atoms with Gasteiger partial charge in [0.25, 0.3) is 0 Å². The van der Waals surface area contributed by atoms with Crippen LogP contribution in [0, 0.1) is 0 Å². The minimum Gasteiger partial charge on any atom is -0.456 e. The van der Waals surface area contributed by atoms with Crippen LogP contribution in [0.3, 0.4) is 0 Å². The first-order valence-corrected chi connectivity index (χ1v) is 17.1. The van der Waals surface area contributed by atoms with E-state index in [1.165, 1.54) is 32.5 Å². The maximum Gasteiger partial charge on any atom is 0.162 e. The number of para-hydroxylation sites is 2. The highest BCUT2D eigenvalue weighted by Crippen LogP contribution is 2.37. The summed E-state index contributed by atoms with van der Waals surface area (Å²) in [5, 5.41) is 10.4. The summed E-state index contributed by atoms with van der Waals surface area (Å²) in [6, 6.07) is 49.0. The number of aromatic nitrogens is 1. The van der Waals surface area contributed by atoms with E-state index in [9.17, 15) is 0 Å². The Morgan fingerprint density at radius 2 is 1.22 bits per heavy atom. The summed E-state index contributed by atoms with van der Waals surface area (Å²) in [4.78, 5) is 16.1. The zero-order valence-corrected chi connectivity index (χ0v) is 27.5. The first kappa shape index (κ1) is 28.6. The first-order chi connectivity index (χ1) is 24.7. The van der Waals surface area contributed by atoms with Gasteiger partial charge in [-0.1, -0.05) is 115 Å². The van der Waals surface area contributed by atoms with Gasteiger partial charge in [-0.3, -0.25) is 4.98 Å². The molecule has 0 amide bonds. The largest absolute Gasteiger partial charge is 0.456 e. The summed E-state index contributed by atoms with van der Waals surface area (Å²) in [5.74, 6) is 0.657. The predicted molar refractivity (Wildman–Crippen MR) is 209 cm³/mol. The topological polar surface area (TPSA) is 50.8 Å². The number of pyridine rings is 1. The van der Waals surface area contributed by atoms with Crippen molar-refractivity contribution in [2.24, 2.45) is 9.98 Å². The Bertz CT molecular complexity index is 2940. The number of aliphatic imine (C=N–C) groups is 2. The maximum atomic E-state index is 6.31. The van der Waals surface area contributed by atoms with Gasteiger partial charge in [0.2, 0.25) is 0 Å². The van der Waals surface area contributed by atoms with E-state index >= 15 is 0 Å². The van der Waals surface area contributed by atoms with Gasteiger partial charge in [0.15, 0.2) is 5.84 Å². The summed E-state index contributed by atoms with van der Waals surface area (Å²) in [6.45, 7) is 2.21. The van der Waals surface area contributed by atoms with Gasteiger partial charge in [0.05, 0.1) is 16.9 Å². The fourth-order valence-corrected chi connectivity index (χ4v) is 7.71. The molecule has 0 saturated heterocycles. The van der Waals surface area contributed by atoms with E-state index in [1.807, 2.05) is 24.4 Å². The van der Waals surface area contributed by atoms with Crippen molar-refractivity contribution in [2.45, 2.75) is 19.8 Å². The predicted octanol–water partition coefficient (Wildman–Crippen LogP) is 12.1. The monoisotopic (exact) mass is 641 g/mol. The molecule has 0 fully saturated rings. The Balaban J connectivity index is 1.26. The quantitative estimate of drug-likeness (QED) is 0.180. The van der Waals surface area contributed by atoms with Crippen LogP contribution in [0.5, 0.6) is 0 Å². The van der Waals surface area contributed by atoms with Gasteiger partial charge in [0, 0.05) is 49.8 Å². The third-order valence-electron chi connectivity index (χ3n) is 10.2. The summed E-state index contributed by atoms with van der Waals surface area (Å²) in [6.07, 6.45) is 3.58. The van der Waals surface area contributed by atoms with E-state index in [0.29, 0.717) is 5.84 Å². The van der Waals surface area contributed by atoms with Crippen LogP contribution in [0.1, 0.15) is 36.5 Å². The number of allylic oxidation sites excluding steroid dienone is 1. The van der Waals surface area contributed by atoms with E-state index in [0.717, 1.165) is 79.2 Å². The van der Waals surface area contributed by atoms with Crippen molar-refractivity contribution in [1.82, 2.24) is 4.98 Å². The standard InChI is InChI=1S/C46H31N3O/c1-28-20-25-39(35-15-9-19-41-43(35)36-14-6-7-18-40(36)50-41)48-46(49-44(28)32-23-21-29-10-2-3-12-31(29)26-32)38-17-8-16-37-42-33(27-47-45(37)38)24-22-30-11-4-5-13-34(30)42/h2-19,21-24,26-27H,20,25H2,1H3/b44-28+,48-39?,49-46?. The molecule has 236 valence electrons. The smallest absolute Gasteiger partial charge is 0.162 e. The molecule has 2 aromatic heterocycles. The van der Waals surface area contributed by atoms with Gasteiger partial charge < -0.3 is 4.42 Å². The molecule has 0 saturated carbocycles. The molecule has 10 rings (SSSR count). The molecule has 0 unspecified atom stereocenters. The third kappa shape index (κ3) is 4.56. The highest BCUT2D eigenvalue weighted by molar-refractivity contribution is 6.26. The lowest BCUT2D eigenvalue weighted by molar-refractivity contribution is 0.669. The Hall–Kier alpha value is -6.39. The second-order valence-electron chi connectivity index (χ2n) is 13.2. The molecule has 7 aromatic carbocycles. The van der Waals surface area contributed by atoms with E-state index in [-0.39, 0.29) is 0 Å². The summed E-state index contributed by atoms with van der Waals surface area (Å²) < 4.78 is 6.31. The third-order valence-corrected chi connectivity index (χ3v) is 10.2. The van der Waals surface area contributed by atoms with Crippen molar-refractivity contribution in [1.29, 1.82) is 0 Å². The molecule has 4 heteroatoms. The number of furan rings is 1. The molecule has 9 aromatic rings. The highest BCUT2D eigenvalue weighted by atomic mass is 16.3. The van der Waals surface area contributed by atoms with Gasteiger partial charge in [0.1, 0.15) is 11.2 Å². The molecular weight excluding hydrogens is 611 g/mol. The number of benzene rings is 7. The Kier molecular flexibility index (Phi) is 6.50. The first-order valence-electron chi connectivity index (χ1n) is 17.1. The highest BCUT2D eigenvalue weighted by Gasteiger charge is 2.21. The van der Waals surface area contributed by atoms with Gasteiger partial charge in [-0.2, -0.15) is 0 Å². The number of hydrogen-bond acceptors (Lipinski definition) is 4. The molecule has 0 radical (unpaired) electrons. The number of hydrogen-bond donors (Lipinski definition) is 0. The number of fused-ring (bicyclic) bond motifs is 9. The Labute approximate surface area is 288 Å². The Morgan fingerprint density at radius 3 is 2.14 bits per heavy atom. The van der Waals surface area contributed by atoms with E-state index in [2.05, 4.69) is 128 Å². The van der Waals surface area contributed by atoms with Crippen LogP contribution in [0.25, 0.3) is 70.9 Å². The minimum absolute atomic E-state index is 0.657. The fourth-order valence-electron chi connectivity index (χ4n) is 7.71. The molecular formula is C46H31N3O. The van der Waals surface area contributed by atoms with Crippen LogP contribution >= 0.6 is 0 Å². The van der Waals surface area contributed by atoms with Gasteiger partial charge >= 0.3 is 0 Å². The van der Waals surface area contributed by atoms with Crippen LogP contribution < -0.4 is 0 Å². The van der Waals surface area contributed by atoms with Crippen molar-refractivity contribution in [3.05, 3.63) is 168 Å². The maximum absolute atomic E-state index is 6.31. The van der Waals surface area contributed by atoms with Gasteiger partial charge in [-0.25, -0.2) is 9.98 Å². The van der Waals surface area contributed by atoms with Gasteiger partial charge in [-0.05, 0) is 71.1 Å². The number of rotatable bonds is 3. The molecule has 50 heavy (non-hydrogen) atoms. The van der Waals surface area contributed by atoms with Gasteiger partial charge in [-0.15, -0.1) is 0 Å². The molecule has 0 atom stereocenters. The van der Waals surface area contributed by atoms with Crippen LogP contribution in [0.15, 0.2) is 166 Å². The van der Waals surface area contributed by atoms with E-state index in [4.69, 9.17) is 19.4 Å². The molecule has 1 aliphatic heterocycles. The number of nitrogens with zero attached hydrogens (tertiary/aromatic N) is 3. The normalized spacial score (nSPS) is 15.5. The molecule has 0 bridgehead atoms.